The second kappa shape index (κ2) is 9.50. The molecule has 0 fully saturated rings. The van der Waals surface area contributed by atoms with Gasteiger partial charge in [0.2, 0.25) is 5.91 Å². The first-order valence-corrected chi connectivity index (χ1v) is 7.76. The van der Waals surface area contributed by atoms with Crippen molar-refractivity contribution >= 4 is 35.2 Å². The van der Waals surface area contributed by atoms with Crippen LogP contribution in [-0.2, 0) is 19.1 Å². The summed E-state index contributed by atoms with van der Waals surface area (Å²) in [5, 5.41) is 14.6. The van der Waals surface area contributed by atoms with Crippen molar-refractivity contribution in [1.29, 1.82) is 0 Å². The summed E-state index contributed by atoms with van der Waals surface area (Å²) in [5.41, 5.74) is -0.0395. The van der Waals surface area contributed by atoms with Gasteiger partial charge in [-0.3, -0.25) is 24.5 Å². The van der Waals surface area contributed by atoms with E-state index in [0.29, 0.717) is 4.90 Å². The standard InChI is InChI=1S/C14H17N3O6S/c1-9(24-11-5-3-10(4-6-11)17(21)22)14(20)23-8-13(19)16-7-12(18)15-2/h3-6,9H,7-8H2,1-2H3,(H,15,18)(H,16,19)/t9-/m1/s1. The highest BCUT2D eigenvalue weighted by Crippen LogP contribution is 2.25. The van der Waals surface area contributed by atoms with E-state index in [0.717, 1.165) is 11.8 Å². The number of nitrogens with one attached hydrogen (secondary N) is 2. The molecule has 0 bridgehead atoms. The molecule has 0 radical (unpaired) electrons. The number of esters is 1. The molecule has 0 aliphatic rings. The number of hydrogen-bond donors (Lipinski definition) is 2. The largest absolute Gasteiger partial charge is 0.455 e. The zero-order valence-corrected chi connectivity index (χ0v) is 13.9. The van der Waals surface area contributed by atoms with E-state index in [1.54, 1.807) is 6.92 Å². The van der Waals surface area contributed by atoms with E-state index in [4.69, 9.17) is 4.74 Å². The first kappa shape index (κ1) is 19.4. The van der Waals surface area contributed by atoms with Crippen LogP contribution in [-0.4, -0.2) is 48.2 Å². The second-order valence-electron chi connectivity index (χ2n) is 4.57. The fraction of sp³-hybridized carbons (Fsp3) is 0.357. The van der Waals surface area contributed by atoms with Crippen molar-refractivity contribution in [2.75, 3.05) is 20.2 Å². The van der Waals surface area contributed by atoms with E-state index >= 15 is 0 Å². The van der Waals surface area contributed by atoms with Crippen molar-refractivity contribution in [2.24, 2.45) is 0 Å². The monoisotopic (exact) mass is 355 g/mol. The zero-order chi connectivity index (χ0) is 18.1. The molecule has 0 aliphatic carbocycles. The molecule has 2 N–H and O–H groups in total. The Morgan fingerprint density at radius 3 is 2.42 bits per heavy atom. The molecular formula is C14H17N3O6S. The van der Waals surface area contributed by atoms with Crippen molar-refractivity contribution in [2.45, 2.75) is 17.1 Å². The molecule has 0 unspecified atom stereocenters. The molecule has 24 heavy (non-hydrogen) atoms. The molecule has 1 atom stereocenters. The Morgan fingerprint density at radius 1 is 1.25 bits per heavy atom. The molecule has 2 amide bonds. The maximum absolute atomic E-state index is 11.8. The molecule has 1 rings (SSSR count). The number of thioether (sulfide) groups is 1. The molecule has 1 aromatic rings. The van der Waals surface area contributed by atoms with E-state index < -0.39 is 28.7 Å². The van der Waals surface area contributed by atoms with Crippen LogP contribution in [0.15, 0.2) is 29.2 Å². The molecule has 10 heteroatoms. The van der Waals surface area contributed by atoms with Crippen LogP contribution in [0.3, 0.4) is 0 Å². The van der Waals surface area contributed by atoms with Crippen LogP contribution in [0.1, 0.15) is 6.92 Å². The number of amides is 2. The summed E-state index contributed by atoms with van der Waals surface area (Å²) in [6.45, 7) is 0.915. The summed E-state index contributed by atoms with van der Waals surface area (Å²) in [6.07, 6.45) is 0. The number of carbonyl (C=O) groups excluding carboxylic acids is 3. The number of carbonyl (C=O) groups is 3. The molecule has 1 aromatic carbocycles. The van der Waals surface area contributed by atoms with E-state index in [1.807, 2.05) is 0 Å². The van der Waals surface area contributed by atoms with Gasteiger partial charge in [0.15, 0.2) is 6.61 Å². The fourth-order valence-electron chi connectivity index (χ4n) is 1.47. The highest BCUT2D eigenvalue weighted by Gasteiger charge is 2.18. The molecule has 9 nitrogen and oxygen atoms in total. The van der Waals surface area contributed by atoms with Gasteiger partial charge in [-0.15, -0.1) is 11.8 Å². The van der Waals surface area contributed by atoms with Crippen LogP contribution in [0.4, 0.5) is 5.69 Å². The Hall–Kier alpha value is -2.62. The van der Waals surface area contributed by atoms with Gasteiger partial charge in [0.1, 0.15) is 5.25 Å². The number of benzene rings is 1. The number of nitro benzene ring substituents is 1. The van der Waals surface area contributed by atoms with Crippen LogP contribution in [0.25, 0.3) is 0 Å². The lowest BCUT2D eigenvalue weighted by atomic mass is 10.3. The molecule has 0 aromatic heterocycles. The zero-order valence-electron chi connectivity index (χ0n) is 13.1. The third kappa shape index (κ3) is 6.65. The summed E-state index contributed by atoms with van der Waals surface area (Å²) >= 11 is 1.15. The molecule has 0 spiro atoms. The summed E-state index contributed by atoms with van der Waals surface area (Å²) in [6, 6.07) is 5.74. The normalized spacial score (nSPS) is 11.2. The summed E-state index contributed by atoms with van der Waals surface area (Å²) in [7, 11) is 1.44. The highest BCUT2D eigenvalue weighted by molar-refractivity contribution is 8.00. The average Bonchev–Trinajstić information content (AvgIpc) is 2.57. The van der Waals surface area contributed by atoms with Crippen LogP contribution in [0, 0.1) is 10.1 Å². The lowest BCUT2D eigenvalue weighted by Crippen LogP contribution is -2.37. The lowest BCUT2D eigenvalue weighted by Gasteiger charge is -2.11. The van der Waals surface area contributed by atoms with Crippen molar-refractivity contribution in [1.82, 2.24) is 10.6 Å². The maximum atomic E-state index is 11.8. The van der Waals surface area contributed by atoms with E-state index in [1.165, 1.54) is 31.3 Å². The first-order chi connectivity index (χ1) is 11.3. The SMILES string of the molecule is CNC(=O)CNC(=O)COC(=O)[C@@H](C)Sc1ccc([N+](=O)[O-])cc1. The Labute approximate surface area is 142 Å². The Balaban J connectivity index is 2.40. The molecule has 130 valence electrons. The Bertz CT molecular complexity index is 619. The smallest absolute Gasteiger partial charge is 0.319 e. The van der Waals surface area contributed by atoms with Gasteiger partial charge in [0.25, 0.3) is 11.6 Å². The van der Waals surface area contributed by atoms with Crippen LogP contribution < -0.4 is 10.6 Å². The number of ether oxygens (including phenoxy) is 1. The van der Waals surface area contributed by atoms with Gasteiger partial charge in [-0.05, 0) is 19.1 Å². The summed E-state index contributed by atoms with van der Waals surface area (Å²) < 4.78 is 4.85. The van der Waals surface area contributed by atoms with E-state index in [2.05, 4.69) is 10.6 Å². The molecule has 0 aliphatic heterocycles. The van der Waals surface area contributed by atoms with E-state index in [9.17, 15) is 24.5 Å². The number of nitrogens with zero attached hydrogens (tertiary/aromatic N) is 1. The van der Waals surface area contributed by atoms with Gasteiger partial charge in [-0.25, -0.2) is 0 Å². The Morgan fingerprint density at radius 2 is 1.88 bits per heavy atom. The molecule has 0 saturated carbocycles. The van der Waals surface area contributed by atoms with Gasteiger partial charge < -0.3 is 15.4 Å². The topological polar surface area (TPSA) is 128 Å². The highest BCUT2D eigenvalue weighted by atomic mass is 32.2. The van der Waals surface area contributed by atoms with Crippen molar-refractivity contribution in [3.05, 3.63) is 34.4 Å². The minimum absolute atomic E-state index is 0.0395. The number of hydrogen-bond acceptors (Lipinski definition) is 7. The summed E-state index contributed by atoms with van der Waals surface area (Å²) in [5.74, 6) is -1.55. The van der Waals surface area contributed by atoms with Gasteiger partial charge in [-0.1, -0.05) is 0 Å². The van der Waals surface area contributed by atoms with Gasteiger partial charge in [0, 0.05) is 24.1 Å². The van der Waals surface area contributed by atoms with Crippen LogP contribution >= 0.6 is 11.8 Å². The molecule has 0 heterocycles. The Kier molecular flexibility index (Phi) is 7.69. The van der Waals surface area contributed by atoms with Gasteiger partial charge in [-0.2, -0.15) is 0 Å². The van der Waals surface area contributed by atoms with Crippen molar-refractivity contribution < 1.29 is 24.0 Å². The number of likely N-dealkylation sites (N-methyl/N-ethyl adjacent to an activating group) is 1. The lowest BCUT2D eigenvalue weighted by molar-refractivity contribution is -0.384. The predicted molar refractivity (Wildman–Crippen MR) is 86.5 cm³/mol. The quantitative estimate of drug-likeness (QED) is 0.300. The minimum atomic E-state index is -0.603. The maximum Gasteiger partial charge on any atom is 0.319 e. The fourth-order valence-corrected chi connectivity index (χ4v) is 2.34. The van der Waals surface area contributed by atoms with Crippen LogP contribution in [0.2, 0.25) is 0 Å². The third-order valence-electron chi connectivity index (χ3n) is 2.76. The predicted octanol–water partition coefficient (Wildman–Crippen LogP) is 0.481. The number of nitro groups is 1. The molecule has 0 saturated heterocycles. The van der Waals surface area contributed by atoms with Crippen LogP contribution in [0.5, 0.6) is 0 Å². The van der Waals surface area contributed by atoms with Crippen molar-refractivity contribution in [3.63, 3.8) is 0 Å². The number of rotatable bonds is 8. The first-order valence-electron chi connectivity index (χ1n) is 6.88. The second-order valence-corrected chi connectivity index (χ2v) is 5.98. The molecular weight excluding hydrogens is 338 g/mol. The third-order valence-corrected chi connectivity index (χ3v) is 3.85. The minimum Gasteiger partial charge on any atom is -0.455 e. The van der Waals surface area contributed by atoms with E-state index in [-0.39, 0.29) is 18.1 Å². The van der Waals surface area contributed by atoms with Crippen molar-refractivity contribution in [3.8, 4) is 0 Å². The average molecular weight is 355 g/mol. The van der Waals surface area contributed by atoms with Gasteiger partial charge in [0.05, 0.1) is 11.5 Å². The summed E-state index contributed by atoms with van der Waals surface area (Å²) in [4.78, 5) is 44.9. The number of non-ortho nitro benzene ring substituents is 1. The van der Waals surface area contributed by atoms with Gasteiger partial charge >= 0.3 is 5.97 Å².